The molecule has 1 unspecified atom stereocenters. The Kier molecular flexibility index (Phi) is 6.03. The number of carboxylic acid groups (broad SMARTS) is 1. The van der Waals surface area contributed by atoms with Crippen molar-refractivity contribution >= 4 is 27.5 Å². The summed E-state index contributed by atoms with van der Waals surface area (Å²) in [5.41, 5.74) is 4.07. The fourth-order valence-corrected chi connectivity index (χ4v) is 3.92. The van der Waals surface area contributed by atoms with Crippen LogP contribution in [-0.4, -0.2) is 21.7 Å². The van der Waals surface area contributed by atoms with Gasteiger partial charge in [-0.25, -0.2) is 4.79 Å². The van der Waals surface area contributed by atoms with Crippen molar-refractivity contribution < 1.29 is 14.6 Å². The molecule has 1 aromatic heterocycles. The van der Waals surface area contributed by atoms with E-state index >= 15 is 0 Å². The molecule has 2 rings (SSSR count). The summed E-state index contributed by atoms with van der Waals surface area (Å²) >= 11 is 3.67. The zero-order chi connectivity index (χ0) is 19.9. The Hall–Kier alpha value is -1.20. The number of carboxylic acids is 1. The van der Waals surface area contributed by atoms with E-state index in [2.05, 4.69) is 40.8 Å². The quantitative estimate of drug-likeness (QED) is 0.645. The van der Waals surface area contributed by atoms with E-state index in [1.165, 1.54) is 5.57 Å². The van der Waals surface area contributed by atoms with E-state index in [-0.39, 0.29) is 5.41 Å². The van der Waals surface area contributed by atoms with Crippen molar-refractivity contribution in [1.29, 1.82) is 0 Å². The Morgan fingerprint density at radius 3 is 2.38 bits per heavy atom. The standard InChI is InChI=1S/C21H30BrNO3/c1-12-15(18(19(24)25)26-20(3,4)5)16(17(22)13(2)23-12)14-8-10-21(6,7)11-9-14/h8,18H,9-11H2,1-7H3,(H,24,25). The highest BCUT2D eigenvalue weighted by Gasteiger charge is 2.34. The third-order valence-electron chi connectivity index (χ3n) is 4.78. The lowest BCUT2D eigenvalue weighted by Crippen LogP contribution is -2.29. The lowest BCUT2D eigenvalue weighted by atomic mass is 9.76. The topological polar surface area (TPSA) is 59.4 Å². The molecule has 0 saturated carbocycles. The van der Waals surface area contributed by atoms with Gasteiger partial charge in [0.15, 0.2) is 6.10 Å². The van der Waals surface area contributed by atoms with Crippen molar-refractivity contribution in [2.24, 2.45) is 5.41 Å². The molecule has 0 fully saturated rings. The number of aliphatic carboxylic acids is 1. The second kappa shape index (κ2) is 7.43. The Bertz CT molecular complexity index is 745. The zero-order valence-electron chi connectivity index (χ0n) is 16.9. The fourth-order valence-electron chi connectivity index (χ4n) is 3.37. The number of carbonyl (C=O) groups is 1. The normalized spacial score (nSPS) is 18.4. The first-order valence-corrected chi connectivity index (χ1v) is 9.88. The predicted molar refractivity (Wildman–Crippen MR) is 108 cm³/mol. The van der Waals surface area contributed by atoms with E-state index in [1.54, 1.807) is 0 Å². The van der Waals surface area contributed by atoms with Crippen LogP contribution in [0.5, 0.6) is 0 Å². The van der Waals surface area contributed by atoms with Gasteiger partial charge in [0, 0.05) is 21.3 Å². The van der Waals surface area contributed by atoms with Crippen LogP contribution in [0.1, 0.15) is 82.5 Å². The number of rotatable bonds is 4. The molecule has 0 spiro atoms. The van der Waals surface area contributed by atoms with Crippen molar-refractivity contribution in [3.05, 3.63) is 33.1 Å². The molecule has 1 N–H and O–H groups in total. The van der Waals surface area contributed by atoms with Crippen LogP contribution in [0.4, 0.5) is 0 Å². The van der Waals surface area contributed by atoms with Gasteiger partial charge in [0.05, 0.1) is 11.3 Å². The summed E-state index contributed by atoms with van der Waals surface area (Å²) in [5, 5.41) is 9.89. The molecule has 26 heavy (non-hydrogen) atoms. The van der Waals surface area contributed by atoms with E-state index < -0.39 is 17.7 Å². The van der Waals surface area contributed by atoms with Crippen LogP contribution in [0.2, 0.25) is 0 Å². The van der Waals surface area contributed by atoms with Gasteiger partial charge in [-0.05, 0) is 80.8 Å². The first-order chi connectivity index (χ1) is 11.8. The SMILES string of the molecule is Cc1nc(C)c(C(OC(C)(C)C)C(=O)O)c(C2=CCC(C)(C)CC2)c1Br. The van der Waals surface area contributed by atoms with Crippen molar-refractivity contribution in [1.82, 2.24) is 4.98 Å². The number of halogens is 1. The predicted octanol–water partition coefficient (Wildman–Crippen LogP) is 6.00. The van der Waals surface area contributed by atoms with Crippen molar-refractivity contribution in [3.63, 3.8) is 0 Å². The maximum absolute atomic E-state index is 12.1. The zero-order valence-corrected chi connectivity index (χ0v) is 18.5. The lowest BCUT2D eigenvalue weighted by Gasteiger charge is -2.32. The molecule has 1 heterocycles. The van der Waals surface area contributed by atoms with Gasteiger partial charge in [0.1, 0.15) is 0 Å². The van der Waals surface area contributed by atoms with E-state index in [9.17, 15) is 9.90 Å². The monoisotopic (exact) mass is 423 g/mol. The highest BCUT2D eigenvalue weighted by molar-refractivity contribution is 9.10. The molecule has 1 aliphatic rings. The lowest BCUT2D eigenvalue weighted by molar-refractivity contribution is -0.160. The molecule has 0 saturated heterocycles. The van der Waals surface area contributed by atoms with Gasteiger partial charge in [-0.15, -0.1) is 0 Å². The first-order valence-electron chi connectivity index (χ1n) is 9.09. The number of aromatic nitrogens is 1. The molecule has 1 aromatic rings. The molecule has 0 radical (unpaired) electrons. The summed E-state index contributed by atoms with van der Waals surface area (Å²) in [5.74, 6) is -0.987. The second-order valence-corrected chi connectivity index (χ2v) is 9.72. The van der Waals surface area contributed by atoms with Crippen LogP contribution in [0.3, 0.4) is 0 Å². The van der Waals surface area contributed by atoms with Crippen molar-refractivity contribution in [3.8, 4) is 0 Å². The minimum absolute atomic E-state index is 0.279. The smallest absolute Gasteiger partial charge is 0.337 e. The average Bonchev–Trinajstić information content (AvgIpc) is 2.48. The van der Waals surface area contributed by atoms with Crippen LogP contribution in [0.15, 0.2) is 10.5 Å². The van der Waals surface area contributed by atoms with Crippen molar-refractivity contribution in [2.45, 2.75) is 79.4 Å². The van der Waals surface area contributed by atoms with Crippen LogP contribution in [0.25, 0.3) is 5.57 Å². The van der Waals surface area contributed by atoms with Gasteiger partial charge in [0.2, 0.25) is 0 Å². The Labute approximate surface area is 165 Å². The van der Waals surface area contributed by atoms with E-state index in [4.69, 9.17) is 4.74 Å². The third kappa shape index (κ3) is 4.74. The fraction of sp³-hybridized carbons (Fsp3) is 0.619. The molecule has 144 valence electrons. The van der Waals surface area contributed by atoms with Gasteiger partial charge in [-0.3, -0.25) is 4.98 Å². The first kappa shape index (κ1) is 21.1. The van der Waals surface area contributed by atoms with Gasteiger partial charge in [-0.2, -0.15) is 0 Å². The maximum Gasteiger partial charge on any atom is 0.337 e. The number of aryl methyl sites for hydroxylation is 2. The number of hydrogen-bond donors (Lipinski definition) is 1. The Balaban J connectivity index is 2.67. The molecule has 1 aliphatic carbocycles. The average molecular weight is 424 g/mol. The molecular formula is C21H30BrNO3. The van der Waals surface area contributed by atoms with E-state index in [0.29, 0.717) is 11.3 Å². The van der Waals surface area contributed by atoms with Gasteiger partial charge in [0.25, 0.3) is 0 Å². The Morgan fingerprint density at radius 1 is 1.31 bits per heavy atom. The Morgan fingerprint density at radius 2 is 1.92 bits per heavy atom. The van der Waals surface area contributed by atoms with Crippen LogP contribution >= 0.6 is 15.9 Å². The summed E-state index contributed by atoms with van der Waals surface area (Å²) in [6, 6.07) is 0. The summed E-state index contributed by atoms with van der Waals surface area (Å²) < 4.78 is 6.81. The van der Waals surface area contributed by atoms with Crippen LogP contribution in [0, 0.1) is 19.3 Å². The number of allylic oxidation sites excluding steroid dienone is 2. The van der Waals surface area contributed by atoms with E-state index in [1.807, 2.05) is 34.6 Å². The molecule has 0 aliphatic heterocycles. The molecule has 4 nitrogen and oxygen atoms in total. The summed E-state index contributed by atoms with van der Waals surface area (Å²) in [6.45, 7) is 14.0. The van der Waals surface area contributed by atoms with Gasteiger partial charge >= 0.3 is 5.97 Å². The van der Waals surface area contributed by atoms with Gasteiger partial charge < -0.3 is 9.84 Å². The van der Waals surface area contributed by atoms with Crippen molar-refractivity contribution in [2.75, 3.05) is 0 Å². The minimum atomic E-state index is -1.05. The summed E-state index contributed by atoms with van der Waals surface area (Å²) in [6.07, 6.45) is 4.17. The second-order valence-electron chi connectivity index (χ2n) is 8.93. The number of pyridine rings is 1. The molecule has 1 atom stereocenters. The van der Waals surface area contributed by atoms with E-state index in [0.717, 1.165) is 35.0 Å². The maximum atomic E-state index is 12.1. The summed E-state index contributed by atoms with van der Waals surface area (Å²) in [7, 11) is 0. The summed E-state index contributed by atoms with van der Waals surface area (Å²) in [4.78, 5) is 16.6. The molecule has 0 amide bonds. The van der Waals surface area contributed by atoms with Crippen LogP contribution < -0.4 is 0 Å². The molecular weight excluding hydrogens is 394 g/mol. The van der Waals surface area contributed by atoms with Gasteiger partial charge in [-0.1, -0.05) is 19.9 Å². The number of ether oxygens (including phenoxy) is 1. The number of hydrogen-bond acceptors (Lipinski definition) is 3. The third-order valence-corrected chi connectivity index (χ3v) is 5.75. The highest BCUT2D eigenvalue weighted by atomic mass is 79.9. The number of nitrogens with zero attached hydrogens (tertiary/aromatic N) is 1. The molecule has 0 bridgehead atoms. The highest BCUT2D eigenvalue weighted by Crippen LogP contribution is 2.44. The minimum Gasteiger partial charge on any atom is -0.479 e. The molecule has 0 aromatic carbocycles. The molecule has 5 heteroatoms. The largest absolute Gasteiger partial charge is 0.479 e. The van der Waals surface area contributed by atoms with Crippen LogP contribution in [-0.2, 0) is 9.53 Å².